The van der Waals surface area contributed by atoms with Gasteiger partial charge in [-0.3, -0.25) is 0 Å². The molecule has 0 saturated carbocycles. The minimum absolute atomic E-state index is 0.186. The molecule has 0 saturated heterocycles. The molecule has 0 spiro atoms. The van der Waals surface area contributed by atoms with Crippen molar-refractivity contribution >= 4 is 27.5 Å². The summed E-state index contributed by atoms with van der Waals surface area (Å²) in [6.07, 6.45) is 1.99. The van der Waals surface area contributed by atoms with E-state index in [1.54, 1.807) is 31.2 Å². The van der Waals surface area contributed by atoms with Crippen LogP contribution in [0.2, 0.25) is 5.02 Å². The van der Waals surface area contributed by atoms with Crippen LogP contribution in [-0.4, -0.2) is 14.5 Å². The van der Waals surface area contributed by atoms with Crippen LogP contribution >= 0.6 is 11.6 Å². The molecule has 2 rings (SSSR count). The summed E-state index contributed by atoms with van der Waals surface area (Å²) in [6.45, 7) is 1.78. The number of hydrogen-bond donors (Lipinski definition) is 1. The molecule has 5 heteroatoms. The normalized spacial score (nSPS) is 19.1. The zero-order valence-corrected chi connectivity index (χ0v) is 10.3. The fraction of sp³-hybridized carbons (Fsp3) is 0.273. The molecule has 2 N–H and O–H groups in total. The van der Waals surface area contributed by atoms with Crippen molar-refractivity contribution in [1.29, 1.82) is 0 Å². The van der Waals surface area contributed by atoms with Crippen LogP contribution in [0.25, 0.3) is 6.08 Å². The number of benzene rings is 1. The van der Waals surface area contributed by atoms with Crippen molar-refractivity contribution in [2.75, 3.05) is 0 Å². The van der Waals surface area contributed by atoms with Crippen LogP contribution < -0.4 is 5.73 Å². The average Bonchev–Trinajstić information content (AvgIpc) is 2.38. The monoisotopic (exact) mass is 257 g/mol. The molecule has 0 amide bonds. The quantitative estimate of drug-likeness (QED) is 0.884. The number of sulfone groups is 1. The van der Waals surface area contributed by atoms with Crippen molar-refractivity contribution in [1.82, 2.24) is 0 Å². The summed E-state index contributed by atoms with van der Waals surface area (Å²) in [5.74, 6) is 0. The Morgan fingerprint density at radius 1 is 1.44 bits per heavy atom. The van der Waals surface area contributed by atoms with Gasteiger partial charge in [0.2, 0.25) is 9.84 Å². The van der Waals surface area contributed by atoms with E-state index in [-0.39, 0.29) is 16.0 Å². The number of nitrogens with two attached hydrogens (primary N) is 1. The second-order valence-corrected chi connectivity index (χ2v) is 6.30. The Hall–Kier alpha value is -0.840. The summed E-state index contributed by atoms with van der Waals surface area (Å²) >= 11 is 5.91. The van der Waals surface area contributed by atoms with Crippen LogP contribution in [0.3, 0.4) is 0 Å². The first-order valence-electron chi connectivity index (χ1n) is 4.92. The molecule has 0 aromatic heterocycles. The van der Waals surface area contributed by atoms with Crippen molar-refractivity contribution in [2.24, 2.45) is 5.73 Å². The molecule has 86 valence electrons. The van der Waals surface area contributed by atoms with Gasteiger partial charge in [-0.2, -0.15) is 0 Å². The number of halogens is 1. The maximum Gasteiger partial charge on any atom is 0.204 e. The van der Waals surface area contributed by atoms with Crippen LogP contribution in [0.4, 0.5) is 0 Å². The second kappa shape index (κ2) is 3.87. The van der Waals surface area contributed by atoms with Crippen molar-refractivity contribution in [3.05, 3.63) is 33.7 Å². The van der Waals surface area contributed by atoms with E-state index in [9.17, 15) is 8.42 Å². The minimum atomic E-state index is -3.42. The lowest BCUT2D eigenvalue weighted by Gasteiger charge is -2.07. The van der Waals surface area contributed by atoms with Gasteiger partial charge in [-0.05, 0) is 31.1 Å². The SMILES string of the molecule is CC(N)CC1=Cc2cccc(Cl)c2S1(=O)=O. The molecule has 3 nitrogen and oxygen atoms in total. The van der Waals surface area contributed by atoms with Crippen LogP contribution in [0.15, 0.2) is 28.0 Å². The first-order valence-corrected chi connectivity index (χ1v) is 6.79. The Labute approximate surface area is 99.8 Å². The maximum atomic E-state index is 12.1. The molecular formula is C11H12ClNO2S. The van der Waals surface area contributed by atoms with Crippen LogP contribution in [0, 0.1) is 0 Å². The van der Waals surface area contributed by atoms with Gasteiger partial charge in [0, 0.05) is 6.04 Å². The highest BCUT2D eigenvalue weighted by Gasteiger charge is 2.31. The van der Waals surface area contributed by atoms with E-state index >= 15 is 0 Å². The molecule has 0 fully saturated rings. The molecule has 0 bridgehead atoms. The van der Waals surface area contributed by atoms with Gasteiger partial charge in [0.05, 0.1) is 14.8 Å². The molecule has 1 aromatic carbocycles. The molecule has 1 aliphatic rings. The van der Waals surface area contributed by atoms with Gasteiger partial charge in [0.25, 0.3) is 0 Å². The molecule has 0 aliphatic carbocycles. The van der Waals surface area contributed by atoms with Crippen molar-refractivity contribution in [3.8, 4) is 0 Å². The molecule has 1 atom stereocenters. The van der Waals surface area contributed by atoms with Crippen molar-refractivity contribution in [3.63, 3.8) is 0 Å². The van der Waals surface area contributed by atoms with Crippen LogP contribution in [-0.2, 0) is 9.84 Å². The first kappa shape index (κ1) is 11.6. The lowest BCUT2D eigenvalue weighted by molar-refractivity contribution is 0.599. The lowest BCUT2D eigenvalue weighted by Crippen LogP contribution is -2.17. The van der Waals surface area contributed by atoms with E-state index in [2.05, 4.69) is 0 Å². The van der Waals surface area contributed by atoms with Gasteiger partial charge in [-0.15, -0.1) is 0 Å². The largest absolute Gasteiger partial charge is 0.328 e. The van der Waals surface area contributed by atoms with E-state index in [0.29, 0.717) is 16.9 Å². The third-order valence-electron chi connectivity index (χ3n) is 2.45. The smallest absolute Gasteiger partial charge is 0.204 e. The molecule has 1 aromatic rings. The molecule has 16 heavy (non-hydrogen) atoms. The van der Waals surface area contributed by atoms with E-state index < -0.39 is 9.84 Å². The summed E-state index contributed by atoms with van der Waals surface area (Å²) in [5, 5.41) is 0.272. The Balaban J connectivity index is 2.56. The first-order chi connectivity index (χ1) is 7.43. The van der Waals surface area contributed by atoms with Gasteiger partial charge in [-0.1, -0.05) is 23.7 Å². The zero-order valence-electron chi connectivity index (χ0n) is 8.77. The maximum absolute atomic E-state index is 12.1. The molecule has 1 unspecified atom stereocenters. The van der Waals surface area contributed by atoms with Gasteiger partial charge < -0.3 is 5.73 Å². The fourth-order valence-corrected chi connectivity index (χ4v) is 4.07. The van der Waals surface area contributed by atoms with Gasteiger partial charge in [0.1, 0.15) is 0 Å². The highest BCUT2D eigenvalue weighted by molar-refractivity contribution is 7.96. The van der Waals surface area contributed by atoms with E-state index in [0.717, 1.165) is 0 Å². The Kier molecular flexibility index (Phi) is 2.82. The van der Waals surface area contributed by atoms with Crippen molar-refractivity contribution in [2.45, 2.75) is 24.3 Å². The topological polar surface area (TPSA) is 60.2 Å². The number of rotatable bonds is 2. The van der Waals surface area contributed by atoms with E-state index in [1.807, 2.05) is 0 Å². The van der Waals surface area contributed by atoms with Crippen LogP contribution in [0.1, 0.15) is 18.9 Å². The average molecular weight is 258 g/mol. The summed E-state index contributed by atoms with van der Waals surface area (Å²) in [4.78, 5) is 0.568. The highest BCUT2D eigenvalue weighted by Crippen LogP contribution is 2.38. The lowest BCUT2D eigenvalue weighted by atomic mass is 10.1. The summed E-state index contributed by atoms with van der Waals surface area (Å²) in [5.41, 5.74) is 6.28. The standard InChI is InChI=1S/C11H12ClNO2S/c1-7(13)5-9-6-8-3-2-4-10(12)11(8)16(9,14)15/h2-4,6-7H,5,13H2,1H3. The van der Waals surface area contributed by atoms with Gasteiger partial charge in [0.15, 0.2) is 0 Å². The predicted molar refractivity (Wildman–Crippen MR) is 64.9 cm³/mol. The van der Waals surface area contributed by atoms with Gasteiger partial charge >= 0.3 is 0 Å². The molecule has 1 heterocycles. The highest BCUT2D eigenvalue weighted by atomic mass is 35.5. The van der Waals surface area contributed by atoms with Crippen LogP contribution in [0.5, 0.6) is 0 Å². The third kappa shape index (κ3) is 1.77. The van der Waals surface area contributed by atoms with Crippen molar-refractivity contribution < 1.29 is 8.42 Å². The summed E-state index contributed by atoms with van der Waals surface area (Å²) < 4.78 is 24.3. The Morgan fingerprint density at radius 2 is 2.12 bits per heavy atom. The fourth-order valence-electron chi connectivity index (χ4n) is 1.79. The number of hydrogen-bond acceptors (Lipinski definition) is 3. The second-order valence-electron chi connectivity index (χ2n) is 3.95. The third-order valence-corrected chi connectivity index (χ3v) is 4.85. The predicted octanol–water partition coefficient (Wildman–Crippen LogP) is 2.21. The zero-order chi connectivity index (χ0) is 11.9. The molecular weight excluding hydrogens is 246 g/mol. The minimum Gasteiger partial charge on any atom is -0.328 e. The number of fused-ring (bicyclic) bond motifs is 1. The molecule has 0 radical (unpaired) electrons. The Morgan fingerprint density at radius 3 is 2.69 bits per heavy atom. The van der Waals surface area contributed by atoms with E-state index in [1.165, 1.54) is 0 Å². The molecule has 1 aliphatic heterocycles. The summed E-state index contributed by atoms with van der Waals surface area (Å²) in [6, 6.07) is 4.88. The summed E-state index contributed by atoms with van der Waals surface area (Å²) in [7, 11) is -3.42. The van der Waals surface area contributed by atoms with Gasteiger partial charge in [-0.25, -0.2) is 8.42 Å². The van der Waals surface area contributed by atoms with E-state index in [4.69, 9.17) is 17.3 Å². The Bertz CT molecular complexity index is 561.